The van der Waals surface area contributed by atoms with Crippen LogP contribution in [-0.2, 0) is 0 Å². The number of fused-ring (bicyclic) bond motifs is 6. The first-order valence-electron chi connectivity index (χ1n) is 18.7. The number of aromatic nitrogens is 3. The van der Waals surface area contributed by atoms with Gasteiger partial charge in [-0.25, -0.2) is 15.0 Å². The fourth-order valence-electron chi connectivity index (χ4n) is 7.78. The molecule has 56 heavy (non-hydrogen) atoms. The van der Waals surface area contributed by atoms with Crippen LogP contribution < -0.4 is 0 Å². The molecule has 0 amide bonds. The van der Waals surface area contributed by atoms with Crippen molar-refractivity contribution in [1.82, 2.24) is 15.0 Å². The Balaban J connectivity index is 1.06. The monoisotopic (exact) mass is 733 g/mol. The lowest BCUT2D eigenvalue weighted by atomic mass is 9.98. The average molecular weight is 734 g/mol. The molecule has 0 saturated heterocycles. The third-order valence-corrected chi connectivity index (χ3v) is 11.8. The Labute approximate surface area is 327 Å². The molecular weight excluding hydrogens is 703 g/mol. The minimum atomic E-state index is 0.570. The van der Waals surface area contributed by atoms with Crippen molar-refractivity contribution in [3.8, 4) is 67.5 Å². The van der Waals surface area contributed by atoms with Gasteiger partial charge < -0.3 is 4.42 Å². The van der Waals surface area contributed by atoms with Crippen molar-refractivity contribution < 1.29 is 4.42 Å². The van der Waals surface area contributed by atoms with Gasteiger partial charge in [-0.05, 0) is 69.8 Å². The van der Waals surface area contributed by atoms with Gasteiger partial charge in [-0.15, -0.1) is 11.3 Å². The van der Waals surface area contributed by atoms with E-state index in [0.717, 1.165) is 54.5 Å². The van der Waals surface area contributed by atoms with Crippen LogP contribution in [0, 0.1) is 0 Å². The maximum absolute atomic E-state index is 6.68. The van der Waals surface area contributed by atoms with Crippen molar-refractivity contribution in [3.05, 3.63) is 188 Å². The number of para-hydroxylation sites is 1. The molecule has 0 atom stereocenters. The van der Waals surface area contributed by atoms with E-state index in [9.17, 15) is 0 Å². The van der Waals surface area contributed by atoms with Gasteiger partial charge in [0.15, 0.2) is 17.5 Å². The number of rotatable bonds is 6. The summed E-state index contributed by atoms with van der Waals surface area (Å²) in [5.41, 5.74) is 11.4. The first-order chi connectivity index (χ1) is 27.7. The summed E-state index contributed by atoms with van der Waals surface area (Å²) in [6.45, 7) is 0. The third kappa shape index (κ3) is 5.56. The maximum Gasteiger partial charge on any atom is 0.167 e. The van der Waals surface area contributed by atoms with Crippen LogP contribution in [0.5, 0.6) is 0 Å². The highest BCUT2D eigenvalue weighted by Gasteiger charge is 2.20. The number of benzene rings is 8. The normalized spacial score (nSPS) is 11.6. The van der Waals surface area contributed by atoms with Gasteiger partial charge in [0, 0.05) is 42.1 Å². The molecule has 0 aliphatic rings. The fraction of sp³-hybridized carbons (Fsp3) is 0. The van der Waals surface area contributed by atoms with E-state index < -0.39 is 0 Å². The predicted octanol–water partition coefficient (Wildman–Crippen LogP) is 14.1. The smallest absolute Gasteiger partial charge is 0.167 e. The van der Waals surface area contributed by atoms with Crippen molar-refractivity contribution in [3.63, 3.8) is 0 Å². The standard InChI is InChI=1S/C51H31N3OS/c1-4-13-32(14-5-1)35-19-10-20-36(29-35)38-26-28-40-42-22-12-24-44(48(42)56-46(40)31-38)51-53-49(34-17-8-3-9-18-34)52-50(54-51)43-23-11-21-41-39-27-25-37(30-45(39)55-47(41)43)33-15-6-2-7-16-33/h1-31H. The summed E-state index contributed by atoms with van der Waals surface area (Å²) >= 11 is 1.78. The van der Waals surface area contributed by atoms with Gasteiger partial charge in [-0.1, -0.05) is 152 Å². The second-order valence-electron chi connectivity index (χ2n) is 14.0. The molecule has 0 bridgehead atoms. The van der Waals surface area contributed by atoms with Crippen molar-refractivity contribution in [2.75, 3.05) is 0 Å². The molecule has 8 aromatic carbocycles. The molecule has 0 saturated carbocycles. The zero-order valence-corrected chi connectivity index (χ0v) is 30.9. The molecule has 0 radical (unpaired) electrons. The van der Waals surface area contributed by atoms with Crippen molar-refractivity contribution in [1.29, 1.82) is 0 Å². The number of nitrogens with zero attached hydrogens (tertiary/aromatic N) is 3. The van der Waals surface area contributed by atoms with E-state index in [2.05, 4.69) is 146 Å². The fourth-order valence-corrected chi connectivity index (χ4v) is 9.03. The topological polar surface area (TPSA) is 51.8 Å². The summed E-state index contributed by atoms with van der Waals surface area (Å²) in [4.78, 5) is 15.5. The minimum absolute atomic E-state index is 0.570. The van der Waals surface area contributed by atoms with Crippen LogP contribution in [0.25, 0.3) is 110 Å². The van der Waals surface area contributed by atoms with E-state index in [1.807, 2.05) is 42.5 Å². The number of thiophene rings is 1. The zero-order valence-electron chi connectivity index (χ0n) is 30.1. The van der Waals surface area contributed by atoms with Gasteiger partial charge in [-0.2, -0.15) is 0 Å². The Morgan fingerprint density at radius 3 is 1.57 bits per heavy atom. The zero-order chi connectivity index (χ0) is 37.0. The van der Waals surface area contributed by atoms with E-state index in [0.29, 0.717) is 17.5 Å². The highest BCUT2D eigenvalue weighted by molar-refractivity contribution is 7.26. The van der Waals surface area contributed by atoms with Gasteiger partial charge >= 0.3 is 0 Å². The van der Waals surface area contributed by atoms with Crippen LogP contribution in [0.4, 0.5) is 0 Å². The second kappa shape index (κ2) is 13.3. The van der Waals surface area contributed by atoms with Crippen molar-refractivity contribution in [2.24, 2.45) is 0 Å². The van der Waals surface area contributed by atoms with Crippen molar-refractivity contribution in [2.45, 2.75) is 0 Å². The molecule has 0 aliphatic carbocycles. The first-order valence-corrected chi connectivity index (χ1v) is 19.5. The van der Waals surface area contributed by atoms with Crippen LogP contribution in [0.1, 0.15) is 0 Å². The Hall–Kier alpha value is -7.21. The largest absolute Gasteiger partial charge is 0.455 e. The summed E-state index contributed by atoms with van der Waals surface area (Å²) in [6.07, 6.45) is 0. The molecule has 11 aromatic rings. The van der Waals surface area contributed by atoms with E-state index in [1.54, 1.807) is 11.3 Å². The van der Waals surface area contributed by atoms with Gasteiger partial charge in [0.2, 0.25) is 0 Å². The lowest BCUT2D eigenvalue weighted by Crippen LogP contribution is -2.00. The summed E-state index contributed by atoms with van der Waals surface area (Å²) in [5, 5.41) is 4.48. The summed E-state index contributed by atoms with van der Waals surface area (Å²) in [7, 11) is 0. The number of hydrogen-bond donors (Lipinski definition) is 0. The highest BCUT2D eigenvalue weighted by Crippen LogP contribution is 2.42. The summed E-state index contributed by atoms with van der Waals surface area (Å²) < 4.78 is 9.04. The van der Waals surface area contributed by atoms with Gasteiger partial charge in [0.25, 0.3) is 0 Å². The first kappa shape index (κ1) is 32.2. The van der Waals surface area contributed by atoms with Gasteiger partial charge in [0.05, 0.1) is 5.56 Å². The Kier molecular flexibility index (Phi) is 7.64. The Bertz CT molecular complexity index is 3240. The van der Waals surface area contributed by atoms with Gasteiger partial charge in [0.1, 0.15) is 11.2 Å². The molecule has 3 heterocycles. The second-order valence-corrected chi connectivity index (χ2v) is 15.0. The molecular formula is C51H31N3OS. The Morgan fingerprint density at radius 2 is 0.857 bits per heavy atom. The molecule has 262 valence electrons. The lowest BCUT2D eigenvalue weighted by Gasteiger charge is -2.09. The molecule has 4 nitrogen and oxygen atoms in total. The maximum atomic E-state index is 6.68. The predicted molar refractivity (Wildman–Crippen MR) is 233 cm³/mol. The molecule has 0 spiro atoms. The van der Waals surface area contributed by atoms with Crippen LogP contribution in [0.2, 0.25) is 0 Å². The molecule has 11 rings (SSSR count). The summed E-state index contributed by atoms with van der Waals surface area (Å²) in [5.74, 6) is 1.81. The minimum Gasteiger partial charge on any atom is -0.455 e. The van der Waals surface area contributed by atoms with Crippen LogP contribution in [-0.4, -0.2) is 15.0 Å². The molecule has 0 unspecified atom stereocenters. The molecule has 3 aromatic heterocycles. The number of hydrogen-bond acceptors (Lipinski definition) is 5. The summed E-state index contributed by atoms with van der Waals surface area (Å²) in [6, 6.07) is 65.7. The van der Waals surface area contributed by atoms with Crippen LogP contribution in [0.15, 0.2) is 192 Å². The van der Waals surface area contributed by atoms with E-state index in [1.165, 1.54) is 37.7 Å². The van der Waals surface area contributed by atoms with E-state index in [4.69, 9.17) is 19.4 Å². The molecule has 0 N–H and O–H groups in total. The van der Waals surface area contributed by atoms with E-state index in [-0.39, 0.29) is 0 Å². The Morgan fingerprint density at radius 1 is 0.339 bits per heavy atom. The lowest BCUT2D eigenvalue weighted by molar-refractivity contribution is 0.669. The highest BCUT2D eigenvalue weighted by atomic mass is 32.1. The number of furan rings is 1. The van der Waals surface area contributed by atoms with Crippen molar-refractivity contribution >= 4 is 53.4 Å². The average Bonchev–Trinajstić information content (AvgIpc) is 3.85. The van der Waals surface area contributed by atoms with Crippen LogP contribution in [0.3, 0.4) is 0 Å². The van der Waals surface area contributed by atoms with Gasteiger partial charge in [-0.3, -0.25) is 0 Å². The van der Waals surface area contributed by atoms with E-state index >= 15 is 0 Å². The molecule has 5 heteroatoms. The molecule has 0 aliphatic heterocycles. The SMILES string of the molecule is c1ccc(-c2cccc(-c3ccc4c(c3)sc3c(-c5nc(-c6ccccc6)nc(-c6cccc7c6oc6cc(-c8ccccc8)ccc67)n5)cccc34)c2)cc1. The third-order valence-electron chi connectivity index (χ3n) is 10.6. The molecule has 0 fully saturated rings. The van der Waals surface area contributed by atoms with Crippen LogP contribution >= 0.6 is 11.3 Å². The quantitative estimate of drug-likeness (QED) is 0.171.